The molecule has 1 N–H and O–H groups in total. The van der Waals surface area contributed by atoms with Gasteiger partial charge in [0.25, 0.3) is 5.91 Å². The van der Waals surface area contributed by atoms with Crippen molar-refractivity contribution in [1.29, 1.82) is 0 Å². The van der Waals surface area contributed by atoms with Gasteiger partial charge in [-0.3, -0.25) is 9.69 Å². The summed E-state index contributed by atoms with van der Waals surface area (Å²) in [6, 6.07) is 2.82. The number of hydrogen-bond donors (Lipinski definition) is 1. The van der Waals surface area contributed by atoms with E-state index in [-0.39, 0.29) is 5.91 Å². The van der Waals surface area contributed by atoms with Crippen LogP contribution in [0.1, 0.15) is 47.6 Å². The number of carboxylic acid groups (broad SMARTS) is 1. The number of hydrogen-bond acceptors (Lipinski definition) is 5. The van der Waals surface area contributed by atoms with Crippen molar-refractivity contribution in [3.63, 3.8) is 0 Å². The number of fused-ring (bicyclic) bond motifs is 1. The van der Waals surface area contributed by atoms with E-state index < -0.39 is 12.1 Å². The first-order valence-corrected chi connectivity index (χ1v) is 10.6. The summed E-state index contributed by atoms with van der Waals surface area (Å²) in [5, 5.41) is 7.12. The Bertz CT molecular complexity index is 788. The third-order valence-corrected chi connectivity index (χ3v) is 6.30. The summed E-state index contributed by atoms with van der Waals surface area (Å²) in [4.78, 5) is 26.6. The maximum atomic E-state index is 13.0. The molecule has 3 aliphatic heterocycles. The van der Waals surface area contributed by atoms with Gasteiger partial charge < -0.3 is 19.2 Å². The molecule has 10 heteroatoms. The van der Waals surface area contributed by atoms with E-state index >= 15 is 0 Å². The van der Waals surface area contributed by atoms with Crippen LogP contribution in [-0.2, 0) is 9.53 Å². The molecule has 3 fully saturated rings. The molecular formula is C21H29F3N2O5. The van der Waals surface area contributed by atoms with Gasteiger partial charge in [-0.2, -0.15) is 13.2 Å². The van der Waals surface area contributed by atoms with E-state index in [1.165, 1.54) is 19.4 Å². The van der Waals surface area contributed by atoms with Crippen molar-refractivity contribution in [1.82, 2.24) is 9.80 Å². The van der Waals surface area contributed by atoms with E-state index in [0.717, 1.165) is 62.1 Å². The Labute approximate surface area is 179 Å². The van der Waals surface area contributed by atoms with Crippen molar-refractivity contribution in [2.24, 2.45) is 5.92 Å². The molecule has 0 bridgehead atoms. The van der Waals surface area contributed by atoms with E-state index in [4.69, 9.17) is 19.1 Å². The topological polar surface area (TPSA) is 83.2 Å². The van der Waals surface area contributed by atoms with Gasteiger partial charge in [-0.25, -0.2) is 4.79 Å². The van der Waals surface area contributed by atoms with Crippen LogP contribution >= 0.6 is 0 Å². The van der Waals surface area contributed by atoms with Crippen LogP contribution in [-0.4, -0.2) is 77.9 Å². The first kappa shape index (κ1) is 23.6. The standard InChI is InChI=1S/C19H28N2O3.C2HF3O2/c1-13-11-16(14(2)24-13)19(22)21-8-4-17-18(21)3-7-20(17)12-15-5-9-23-10-6-15;3-2(4,5)1(6)7/h11,15,17-18H,3-10,12H2,1-2H3;(H,6,7)/t17-,18+;/m0./s1. The van der Waals surface area contributed by atoms with E-state index in [9.17, 15) is 18.0 Å². The second-order valence-electron chi connectivity index (χ2n) is 8.39. The molecule has 4 rings (SSSR count). The molecule has 0 spiro atoms. The van der Waals surface area contributed by atoms with E-state index in [1.807, 2.05) is 19.9 Å². The fourth-order valence-electron chi connectivity index (χ4n) is 4.81. The van der Waals surface area contributed by atoms with Crippen molar-refractivity contribution in [2.45, 2.75) is 57.8 Å². The first-order valence-electron chi connectivity index (χ1n) is 10.6. The lowest BCUT2D eigenvalue weighted by atomic mass is 9.99. The summed E-state index contributed by atoms with van der Waals surface area (Å²) in [6.07, 6.45) is -0.501. The number of aliphatic carboxylic acids is 1. The highest BCUT2D eigenvalue weighted by atomic mass is 19.4. The lowest BCUT2D eigenvalue weighted by Crippen LogP contribution is -2.41. The molecule has 0 unspecified atom stereocenters. The summed E-state index contributed by atoms with van der Waals surface area (Å²) < 4.78 is 42.8. The SMILES string of the molecule is Cc1cc(C(=O)N2CC[C@H]3[C@H]2CCN3CC2CCOCC2)c(C)o1.O=C(O)C(F)(F)F. The second kappa shape index (κ2) is 9.60. The average Bonchev–Trinajstić information content (AvgIpc) is 3.38. The molecule has 1 aromatic rings. The predicted molar refractivity (Wildman–Crippen MR) is 105 cm³/mol. The first-order chi connectivity index (χ1) is 14.6. The van der Waals surface area contributed by atoms with Crippen molar-refractivity contribution in [2.75, 3.05) is 32.8 Å². The molecule has 0 saturated carbocycles. The van der Waals surface area contributed by atoms with Gasteiger partial charge in [-0.05, 0) is 51.5 Å². The summed E-state index contributed by atoms with van der Waals surface area (Å²) in [6.45, 7) is 8.80. The van der Waals surface area contributed by atoms with Crippen LogP contribution in [0.2, 0.25) is 0 Å². The minimum Gasteiger partial charge on any atom is -0.475 e. The summed E-state index contributed by atoms with van der Waals surface area (Å²) in [7, 11) is 0. The monoisotopic (exact) mass is 446 g/mol. The zero-order valence-electron chi connectivity index (χ0n) is 17.8. The molecule has 7 nitrogen and oxygen atoms in total. The van der Waals surface area contributed by atoms with Crippen molar-refractivity contribution in [3.05, 3.63) is 23.2 Å². The number of carbonyl (C=O) groups is 2. The Morgan fingerprint density at radius 1 is 1.10 bits per heavy atom. The number of carboxylic acids is 1. The number of furan rings is 1. The third-order valence-electron chi connectivity index (χ3n) is 6.30. The lowest BCUT2D eigenvalue weighted by Gasteiger charge is -2.30. The number of amides is 1. The van der Waals surface area contributed by atoms with Gasteiger partial charge in [0, 0.05) is 44.9 Å². The molecule has 0 radical (unpaired) electrons. The van der Waals surface area contributed by atoms with Gasteiger partial charge in [-0.15, -0.1) is 0 Å². The molecule has 4 heterocycles. The lowest BCUT2D eigenvalue weighted by molar-refractivity contribution is -0.192. The van der Waals surface area contributed by atoms with Crippen molar-refractivity contribution < 1.29 is 37.0 Å². The quantitative estimate of drug-likeness (QED) is 0.768. The molecule has 0 aromatic carbocycles. The smallest absolute Gasteiger partial charge is 0.475 e. The van der Waals surface area contributed by atoms with Crippen LogP contribution < -0.4 is 0 Å². The Hall–Kier alpha value is -2.07. The number of nitrogens with zero attached hydrogens (tertiary/aromatic N) is 2. The second-order valence-corrected chi connectivity index (χ2v) is 8.39. The zero-order valence-corrected chi connectivity index (χ0v) is 17.8. The molecule has 31 heavy (non-hydrogen) atoms. The molecular weight excluding hydrogens is 417 g/mol. The number of alkyl halides is 3. The summed E-state index contributed by atoms with van der Waals surface area (Å²) in [5.74, 6) is -0.268. The highest BCUT2D eigenvalue weighted by Crippen LogP contribution is 2.34. The summed E-state index contributed by atoms with van der Waals surface area (Å²) in [5.41, 5.74) is 0.746. The number of halogens is 3. The minimum atomic E-state index is -5.08. The number of carbonyl (C=O) groups excluding carboxylic acids is 1. The van der Waals surface area contributed by atoms with E-state index in [2.05, 4.69) is 9.80 Å². The fourth-order valence-corrected chi connectivity index (χ4v) is 4.81. The Morgan fingerprint density at radius 2 is 1.71 bits per heavy atom. The van der Waals surface area contributed by atoms with Crippen molar-refractivity contribution >= 4 is 11.9 Å². The van der Waals surface area contributed by atoms with Crippen LogP contribution in [0.4, 0.5) is 13.2 Å². The zero-order chi connectivity index (χ0) is 22.8. The van der Waals surface area contributed by atoms with Crippen LogP contribution in [0.25, 0.3) is 0 Å². The number of ether oxygens (including phenoxy) is 1. The van der Waals surface area contributed by atoms with E-state index in [1.54, 1.807) is 0 Å². The number of aryl methyl sites for hydroxylation is 2. The van der Waals surface area contributed by atoms with Crippen LogP contribution in [0.5, 0.6) is 0 Å². The Balaban J connectivity index is 0.000000339. The molecule has 3 saturated heterocycles. The molecule has 174 valence electrons. The highest BCUT2D eigenvalue weighted by Gasteiger charge is 2.45. The Kier molecular flexibility index (Phi) is 7.31. The number of likely N-dealkylation sites (tertiary alicyclic amines) is 2. The van der Waals surface area contributed by atoms with Crippen molar-refractivity contribution in [3.8, 4) is 0 Å². The molecule has 1 amide bonds. The van der Waals surface area contributed by atoms with Gasteiger partial charge in [0.1, 0.15) is 11.5 Å². The van der Waals surface area contributed by atoms with E-state index in [0.29, 0.717) is 12.1 Å². The maximum Gasteiger partial charge on any atom is 0.490 e. The van der Waals surface area contributed by atoms with Gasteiger partial charge >= 0.3 is 12.1 Å². The molecule has 1 aromatic heterocycles. The normalized spacial score (nSPS) is 24.6. The summed E-state index contributed by atoms with van der Waals surface area (Å²) >= 11 is 0. The van der Waals surface area contributed by atoms with Crippen LogP contribution in [0, 0.1) is 19.8 Å². The minimum absolute atomic E-state index is 0.157. The van der Waals surface area contributed by atoms with Gasteiger partial charge in [0.2, 0.25) is 0 Å². The van der Waals surface area contributed by atoms with Gasteiger partial charge in [0.05, 0.1) is 5.56 Å². The molecule has 0 aliphatic carbocycles. The average molecular weight is 446 g/mol. The number of rotatable bonds is 3. The van der Waals surface area contributed by atoms with Crippen LogP contribution in [0.3, 0.4) is 0 Å². The highest BCUT2D eigenvalue weighted by molar-refractivity contribution is 5.95. The van der Waals surface area contributed by atoms with Gasteiger partial charge in [0.15, 0.2) is 0 Å². The molecule has 3 aliphatic rings. The predicted octanol–water partition coefficient (Wildman–Crippen LogP) is 3.25. The van der Waals surface area contributed by atoms with Crippen LogP contribution in [0.15, 0.2) is 10.5 Å². The Morgan fingerprint density at radius 3 is 2.26 bits per heavy atom. The maximum absolute atomic E-state index is 13.0. The fraction of sp³-hybridized carbons (Fsp3) is 0.714. The van der Waals surface area contributed by atoms with Gasteiger partial charge in [-0.1, -0.05) is 0 Å². The largest absolute Gasteiger partial charge is 0.490 e. The third kappa shape index (κ3) is 5.60. The molecule has 2 atom stereocenters.